The van der Waals surface area contributed by atoms with Crippen LogP contribution in [0.4, 0.5) is 5.69 Å². The van der Waals surface area contributed by atoms with Crippen LogP contribution in [0.25, 0.3) is 0 Å². The first kappa shape index (κ1) is 26.2. The van der Waals surface area contributed by atoms with Crippen LogP contribution in [-0.4, -0.2) is 55.5 Å². The van der Waals surface area contributed by atoms with E-state index in [1.54, 1.807) is 6.07 Å². The Kier molecular flexibility index (Phi) is 8.10. The van der Waals surface area contributed by atoms with E-state index in [2.05, 4.69) is 15.2 Å². The highest BCUT2D eigenvalue weighted by Crippen LogP contribution is 2.32. The summed E-state index contributed by atoms with van der Waals surface area (Å²) in [4.78, 5) is 30.4. The van der Waals surface area contributed by atoms with E-state index in [0.29, 0.717) is 48.6 Å². The van der Waals surface area contributed by atoms with E-state index < -0.39 is 10.0 Å². The van der Waals surface area contributed by atoms with E-state index >= 15 is 0 Å². The van der Waals surface area contributed by atoms with Crippen molar-refractivity contribution in [3.05, 3.63) is 61.5 Å². The number of anilines is 1. The summed E-state index contributed by atoms with van der Waals surface area (Å²) in [6, 6.07) is 5.52. The molecule has 0 atom stereocenters. The van der Waals surface area contributed by atoms with Crippen molar-refractivity contribution in [2.75, 3.05) is 30.8 Å². The normalized spacial score (nSPS) is 15.4. The summed E-state index contributed by atoms with van der Waals surface area (Å²) < 4.78 is 25.3. The second-order valence-corrected chi connectivity index (χ2v) is 11.3. The number of aryl methyl sites for hydroxylation is 2. The summed E-state index contributed by atoms with van der Waals surface area (Å²) in [6.07, 6.45) is 2.64. The number of hydrogen-bond donors (Lipinski definition) is 2. The molecule has 2 N–H and O–H groups in total. The van der Waals surface area contributed by atoms with Crippen LogP contribution in [0.2, 0.25) is 5.02 Å². The van der Waals surface area contributed by atoms with Crippen molar-refractivity contribution in [2.24, 2.45) is 0 Å². The topological polar surface area (TPSA) is 103 Å². The second-order valence-electron chi connectivity index (χ2n) is 8.90. The van der Waals surface area contributed by atoms with E-state index in [1.165, 1.54) is 10.6 Å². The standard InChI is InChI=1S/C24H33ClN4O4S/c1-6-29(19-7-9-28(10-8-19)34(5,32)33)22-13-18(25)12-20(17(22)4)23(30)26-14-21-15(2)11-16(3)27-24(21)31/h11-13,19H,6-10,14H2,1-5H3,(H,26,30)(H,27,31). The SMILES string of the molecule is CCN(c1cc(Cl)cc(C(=O)NCc2c(C)cc(C)[nH]c2=O)c1C)C1CCN(S(C)(=O)=O)CC1. The van der Waals surface area contributed by atoms with Gasteiger partial charge in [-0.3, -0.25) is 9.59 Å². The lowest BCUT2D eigenvalue weighted by molar-refractivity contribution is 0.0950. The number of piperidine rings is 1. The lowest BCUT2D eigenvalue weighted by Gasteiger charge is -2.39. The fourth-order valence-corrected chi connectivity index (χ4v) is 5.76. The van der Waals surface area contributed by atoms with Crippen LogP contribution in [0.3, 0.4) is 0 Å². The Hall–Kier alpha value is -2.36. The van der Waals surface area contributed by atoms with Crippen molar-refractivity contribution in [1.29, 1.82) is 0 Å². The largest absolute Gasteiger partial charge is 0.368 e. The Morgan fingerprint density at radius 3 is 2.41 bits per heavy atom. The summed E-state index contributed by atoms with van der Waals surface area (Å²) in [6.45, 7) is 9.34. The van der Waals surface area contributed by atoms with E-state index in [9.17, 15) is 18.0 Å². The van der Waals surface area contributed by atoms with Gasteiger partial charge < -0.3 is 15.2 Å². The zero-order valence-corrected chi connectivity index (χ0v) is 21.9. The third-order valence-electron chi connectivity index (χ3n) is 6.49. The monoisotopic (exact) mass is 508 g/mol. The molecule has 1 saturated heterocycles. The highest BCUT2D eigenvalue weighted by atomic mass is 35.5. The number of nitrogens with one attached hydrogen (secondary N) is 2. The lowest BCUT2D eigenvalue weighted by atomic mass is 10.00. The fraction of sp³-hybridized carbons (Fsp3) is 0.500. The third-order valence-corrected chi connectivity index (χ3v) is 8.01. The van der Waals surface area contributed by atoms with Gasteiger partial charge in [-0.2, -0.15) is 0 Å². The van der Waals surface area contributed by atoms with Crippen molar-refractivity contribution in [1.82, 2.24) is 14.6 Å². The van der Waals surface area contributed by atoms with Gasteiger partial charge in [0.25, 0.3) is 11.5 Å². The molecule has 186 valence electrons. The number of H-pyrrole nitrogens is 1. The first-order chi connectivity index (χ1) is 15.9. The number of carbonyl (C=O) groups excluding carboxylic acids is 1. The molecule has 0 radical (unpaired) electrons. The van der Waals surface area contributed by atoms with Gasteiger partial charge >= 0.3 is 0 Å². The minimum atomic E-state index is -3.20. The molecule has 1 amide bonds. The summed E-state index contributed by atoms with van der Waals surface area (Å²) in [5.41, 5.74) is 4.02. The van der Waals surface area contributed by atoms with Gasteiger partial charge in [-0.25, -0.2) is 12.7 Å². The first-order valence-corrected chi connectivity index (χ1v) is 13.6. The highest BCUT2D eigenvalue weighted by Gasteiger charge is 2.29. The van der Waals surface area contributed by atoms with E-state index in [-0.39, 0.29) is 24.1 Å². The molecule has 1 fully saturated rings. The number of aromatic nitrogens is 1. The van der Waals surface area contributed by atoms with Crippen molar-refractivity contribution < 1.29 is 13.2 Å². The molecule has 0 aliphatic carbocycles. The molecule has 1 aromatic heterocycles. The number of carbonyl (C=O) groups is 1. The average molecular weight is 509 g/mol. The van der Waals surface area contributed by atoms with Crippen LogP contribution in [-0.2, 0) is 16.6 Å². The number of amides is 1. The van der Waals surface area contributed by atoms with Crippen LogP contribution in [0.1, 0.15) is 52.5 Å². The zero-order chi connectivity index (χ0) is 25.2. The third kappa shape index (κ3) is 5.82. The molecule has 0 bridgehead atoms. The predicted molar refractivity (Wildman–Crippen MR) is 136 cm³/mol. The minimum Gasteiger partial charge on any atom is -0.368 e. The maximum atomic E-state index is 13.1. The lowest BCUT2D eigenvalue weighted by Crippen LogP contribution is -2.46. The molecule has 0 unspecified atom stereocenters. The number of nitrogens with zero attached hydrogens (tertiary/aromatic N) is 2. The van der Waals surface area contributed by atoms with Gasteiger partial charge in [-0.1, -0.05) is 11.6 Å². The average Bonchev–Trinajstić information content (AvgIpc) is 2.75. The highest BCUT2D eigenvalue weighted by molar-refractivity contribution is 7.88. The van der Waals surface area contributed by atoms with Gasteiger partial charge in [0.2, 0.25) is 10.0 Å². The van der Waals surface area contributed by atoms with Gasteiger partial charge in [0.05, 0.1) is 6.26 Å². The zero-order valence-electron chi connectivity index (χ0n) is 20.4. The smallest absolute Gasteiger partial charge is 0.253 e. The minimum absolute atomic E-state index is 0.114. The molecule has 1 aliphatic heterocycles. The molecule has 0 spiro atoms. The molecule has 2 aromatic rings. The molecule has 0 saturated carbocycles. The van der Waals surface area contributed by atoms with Crippen LogP contribution in [0, 0.1) is 20.8 Å². The number of aromatic amines is 1. The summed E-state index contributed by atoms with van der Waals surface area (Å²) in [5.74, 6) is -0.302. The Morgan fingerprint density at radius 1 is 1.21 bits per heavy atom. The Morgan fingerprint density at radius 2 is 1.85 bits per heavy atom. The van der Waals surface area contributed by atoms with Gasteiger partial charge in [-0.15, -0.1) is 0 Å². The molecule has 2 heterocycles. The van der Waals surface area contributed by atoms with Crippen LogP contribution in [0.5, 0.6) is 0 Å². The number of benzene rings is 1. The number of pyridine rings is 1. The molecular formula is C24H33ClN4O4S. The van der Waals surface area contributed by atoms with Crippen molar-refractivity contribution >= 4 is 33.2 Å². The molecule has 1 aromatic carbocycles. The quantitative estimate of drug-likeness (QED) is 0.598. The number of hydrogen-bond acceptors (Lipinski definition) is 5. The van der Waals surface area contributed by atoms with E-state index in [4.69, 9.17) is 11.6 Å². The van der Waals surface area contributed by atoms with Crippen molar-refractivity contribution in [3.63, 3.8) is 0 Å². The number of rotatable bonds is 7. The maximum Gasteiger partial charge on any atom is 0.253 e. The first-order valence-electron chi connectivity index (χ1n) is 11.4. The number of halogens is 1. The van der Waals surface area contributed by atoms with E-state index in [0.717, 1.165) is 22.5 Å². The van der Waals surface area contributed by atoms with Crippen molar-refractivity contribution in [2.45, 2.75) is 53.1 Å². The van der Waals surface area contributed by atoms with Gasteiger partial charge in [0, 0.05) is 59.8 Å². The number of sulfonamides is 1. The molecule has 10 heteroatoms. The van der Waals surface area contributed by atoms with Gasteiger partial charge in [0.15, 0.2) is 0 Å². The predicted octanol–water partition coefficient (Wildman–Crippen LogP) is 3.13. The molecule has 3 rings (SSSR count). The fourth-order valence-electron chi connectivity index (χ4n) is 4.67. The van der Waals surface area contributed by atoms with Crippen LogP contribution in [0.15, 0.2) is 23.0 Å². The summed E-state index contributed by atoms with van der Waals surface area (Å²) in [7, 11) is -3.20. The van der Waals surface area contributed by atoms with Crippen molar-refractivity contribution in [3.8, 4) is 0 Å². The molecular weight excluding hydrogens is 476 g/mol. The Labute approximate surface area is 206 Å². The van der Waals surface area contributed by atoms with Gasteiger partial charge in [-0.05, 0) is 69.9 Å². The Bertz CT molecular complexity index is 1230. The second kappa shape index (κ2) is 10.5. The summed E-state index contributed by atoms with van der Waals surface area (Å²) >= 11 is 6.42. The van der Waals surface area contributed by atoms with E-state index in [1.807, 2.05) is 39.8 Å². The molecule has 34 heavy (non-hydrogen) atoms. The van der Waals surface area contributed by atoms with Gasteiger partial charge in [0.1, 0.15) is 0 Å². The Balaban J connectivity index is 1.82. The maximum absolute atomic E-state index is 13.1. The molecule has 8 nitrogen and oxygen atoms in total. The van der Waals surface area contributed by atoms with Crippen LogP contribution < -0.4 is 15.8 Å². The van der Waals surface area contributed by atoms with Crippen LogP contribution >= 0.6 is 11.6 Å². The summed E-state index contributed by atoms with van der Waals surface area (Å²) in [5, 5.41) is 3.31. The molecule has 1 aliphatic rings.